The molecule has 1 saturated heterocycles. The number of nitrogens with zero attached hydrogens (tertiary/aromatic N) is 2. The minimum Gasteiger partial charge on any atom is -0.394 e. The molecule has 0 spiro atoms. The molecule has 1 aromatic carbocycles. The maximum absolute atomic E-state index is 10.8. The molecule has 2 rings (SSSR count). The van der Waals surface area contributed by atoms with Crippen LogP contribution in [0.15, 0.2) is 18.2 Å². The molecule has 0 aliphatic carbocycles. The Morgan fingerprint density at radius 3 is 3.06 bits per heavy atom. The van der Waals surface area contributed by atoms with Gasteiger partial charge >= 0.3 is 0 Å². The van der Waals surface area contributed by atoms with Gasteiger partial charge in [0.15, 0.2) is 0 Å². The Morgan fingerprint density at radius 2 is 2.39 bits per heavy atom. The number of ether oxygens (including phenoxy) is 1. The highest BCUT2D eigenvalue weighted by Gasteiger charge is 2.22. The van der Waals surface area contributed by atoms with E-state index < -0.39 is 4.92 Å². The fourth-order valence-electron chi connectivity index (χ4n) is 2.10. The predicted octanol–water partition coefficient (Wildman–Crippen LogP) is 1.10. The van der Waals surface area contributed by atoms with Crippen LogP contribution < -0.4 is 4.90 Å². The third kappa shape index (κ3) is 2.60. The average molecular weight is 252 g/mol. The summed E-state index contributed by atoms with van der Waals surface area (Å²) >= 11 is 0. The molecule has 1 atom stereocenters. The van der Waals surface area contributed by atoms with Gasteiger partial charge in [0.25, 0.3) is 5.69 Å². The topological polar surface area (TPSA) is 75.8 Å². The number of benzene rings is 1. The standard InChI is InChI=1S/C12H16N2O4/c1-9-2-3-10(14(16)17)6-12(9)13-4-5-18-11(7-13)8-15/h2-3,6,11,15H,4-5,7-8H2,1H3. The second kappa shape index (κ2) is 5.32. The molecule has 1 aromatic rings. The zero-order valence-electron chi connectivity index (χ0n) is 10.2. The van der Waals surface area contributed by atoms with E-state index in [0.717, 1.165) is 11.3 Å². The van der Waals surface area contributed by atoms with Crippen molar-refractivity contribution >= 4 is 11.4 Å². The molecule has 1 aliphatic heterocycles. The first-order valence-corrected chi connectivity index (χ1v) is 5.84. The van der Waals surface area contributed by atoms with Crippen LogP contribution in [0.25, 0.3) is 0 Å². The quantitative estimate of drug-likeness (QED) is 0.644. The van der Waals surface area contributed by atoms with Gasteiger partial charge in [-0.05, 0) is 12.5 Å². The zero-order valence-corrected chi connectivity index (χ0v) is 10.2. The molecule has 0 bridgehead atoms. The van der Waals surface area contributed by atoms with Crippen molar-refractivity contribution in [3.63, 3.8) is 0 Å². The molecule has 0 aromatic heterocycles. The molecule has 0 amide bonds. The summed E-state index contributed by atoms with van der Waals surface area (Å²) in [7, 11) is 0. The van der Waals surface area contributed by atoms with Crippen LogP contribution >= 0.6 is 0 Å². The Bertz CT molecular complexity index is 450. The zero-order chi connectivity index (χ0) is 13.1. The second-order valence-corrected chi connectivity index (χ2v) is 4.35. The lowest BCUT2D eigenvalue weighted by Crippen LogP contribution is -2.44. The van der Waals surface area contributed by atoms with Gasteiger partial charge < -0.3 is 14.7 Å². The summed E-state index contributed by atoms with van der Waals surface area (Å²) in [6.07, 6.45) is -0.225. The van der Waals surface area contributed by atoms with Crippen LogP contribution in [0.3, 0.4) is 0 Å². The van der Waals surface area contributed by atoms with Crippen molar-refractivity contribution in [2.24, 2.45) is 0 Å². The molecule has 1 heterocycles. The maximum atomic E-state index is 10.8. The first kappa shape index (κ1) is 12.8. The van der Waals surface area contributed by atoms with Crippen LogP contribution in [-0.2, 0) is 4.74 Å². The fourth-order valence-corrected chi connectivity index (χ4v) is 2.10. The molecular formula is C12H16N2O4. The van der Waals surface area contributed by atoms with E-state index in [2.05, 4.69) is 0 Å². The van der Waals surface area contributed by atoms with Gasteiger partial charge in [-0.1, -0.05) is 6.07 Å². The highest BCUT2D eigenvalue weighted by atomic mass is 16.6. The summed E-state index contributed by atoms with van der Waals surface area (Å²) in [4.78, 5) is 12.4. The summed E-state index contributed by atoms with van der Waals surface area (Å²) in [5, 5.41) is 19.9. The van der Waals surface area contributed by atoms with E-state index in [9.17, 15) is 10.1 Å². The number of hydrogen-bond acceptors (Lipinski definition) is 5. The van der Waals surface area contributed by atoms with Gasteiger partial charge in [0.1, 0.15) is 0 Å². The number of nitro benzene ring substituents is 1. The van der Waals surface area contributed by atoms with E-state index in [0.29, 0.717) is 19.7 Å². The second-order valence-electron chi connectivity index (χ2n) is 4.35. The number of rotatable bonds is 3. The molecule has 6 heteroatoms. The molecule has 0 saturated carbocycles. The van der Waals surface area contributed by atoms with Crippen molar-refractivity contribution in [3.05, 3.63) is 33.9 Å². The van der Waals surface area contributed by atoms with E-state index in [1.54, 1.807) is 12.1 Å². The molecule has 1 fully saturated rings. The molecule has 1 aliphatic rings. The first-order chi connectivity index (χ1) is 8.61. The normalized spacial score (nSPS) is 19.9. The predicted molar refractivity (Wildman–Crippen MR) is 66.9 cm³/mol. The Morgan fingerprint density at radius 1 is 1.61 bits per heavy atom. The molecule has 1 unspecified atom stereocenters. The van der Waals surface area contributed by atoms with Gasteiger partial charge in [-0.15, -0.1) is 0 Å². The Balaban J connectivity index is 2.26. The number of nitro groups is 1. The van der Waals surface area contributed by atoms with Crippen molar-refractivity contribution in [1.29, 1.82) is 0 Å². The van der Waals surface area contributed by atoms with Crippen LogP contribution in [0, 0.1) is 17.0 Å². The lowest BCUT2D eigenvalue weighted by atomic mass is 10.1. The highest BCUT2D eigenvalue weighted by Crippen LogP contribution is 2.26. The summed E-state index contributed by atoms with van der Waals surface area (Å²) in [5.41, 5.74) is 1.91. The van der Waals surface area contributed by atoms with Crippen LogP contribution in [0.5, 0.6) is 0 Å². The van der Waals surface area contributed by atoms with Gasteiger partial charge in [-0.2, -0.15) is 0 Å². The van der Waals surface area contributed by atoms with Gasteiger partial charge in [-0.3, -0.25) is 10.1 Å². The summed E-state index contributed by atoms with van der Waals surface area (Å²) in [6, 6.07) is 4.83. The van der Waals surface area contributed by atoms with Crippen LogP contribution in [0.2, 0.25) is 0 Å². The minimum atomic E-state index is -0.396. The summed E-state index contributed by atoms with van der Waals surface area (Å²) in [5.74, 6) is 0. The van der Waals surface area contributed by atoms with E-state index in [-0.39, 0.29) is 18.4 Å². The maximum Gasteiger partial charge on any atom is 0.271 e. The van der Waals surface area contributed by atoms with Crippen LogP contribution in [0.4, 0.5) is 11.4 Å². The van der Waals surface area contributed by atoms with E-state index in [1.165, 1.54) is 6.07 Å². The average Bonchev–Trinajstić information content (AvgIpc) is 2.39. The molecule has 0 radical (unpaired) electrons. The highest BCUT2D eigenvalue weighted by molar-refractivity contribution is 5.59. The smallest absolute Gasteiger partial charge is 0.271 e. The van der Waals surface area contributed by atoms with E-state index >= 15 is 0 Å². The number of anilines is 1. The molecule has 98 valence electrons. The van der Waals surface area contributed by atoms with Crippen molar-refractivity contribution < 1.29 is 14.8 Å². The van der Waals surface area contributed by atoms with Gasteiger partial charge in [0, 0.05) is 30.9 Å². The van der Waals surface area contributed by atoms with E-state index in [1.807, 2.05) is 11.8 Å². The van der Waals surface area contributed by atoms with Gasteiger partial charge in [0.2, 0.25) is 0 Å². The van der Waals surface area contributed by atoms with Crippen molar-refractivity contribution in [1.82, 2.24) is 0 Å². The third-order valence-electron chi connectivity index (χ3n) is 3.09. The molecule has 1 N–H and O–H groups in total. The van der Waals surface area contributed by atoms with Crippen molar-refractivity contribution in [2.45, 2.75) is 13.0 Å². The van der Waals surface area contributed by atoms with Crippen molar-refractivity contribution in [3.8, 4) is 0 Å². The van der Waals surface area contributed by atoms with Gasteiger partial charge in [0.05, 0.1) is 24.2 Å². The van der Waals surface area contributed by atoms with Crippen LogP contribution in [0.1, 0.15) is 5.56 Å². The molecule has 18 heavy (non-hydrogen) atoms. The van der Waals surface area contributed by atoms with E-state index in [4.69, 9.17) is 9.84 Å². The third-order valence-corrected chi connectivity index (χ3v) is 3.09. The lowest BCUT2D eigenvalue weighted by Gasteiger charge is -2.34. The fraction of sp³-hybridized carbons (Fsp3) is 0.500. The summed E-state index contributed by atoms with van der Waals surface area (Å²) in [6.45, 7) is 3.64. The number of aliphatic hydroxyl groups is 1. The Hall–Kier alpha value is -1.66. The van der Waals surface area contributed by atoms with Crippen LogP contribution in [-0.4, -0.2) is 42.4 Å². The van der Waals surface area contributed by atoms with Crippen molar-refractivity contribution in [2.75, 3.05) is 31.2 Å². The lowest BCUT2D eigenvalue weighted by molar-refractivity contribution is -0.384. The number of hydrogen-bond donors (Lipinski definition) is 1. The number of aliphatic hydroxyl groups excluding tert-OH is 1. The van der Waals surface area contributed by atoms with Gasteiger partial charge in [-0.25, -0.2) is 0 Å². The largest absolute Gasteiger partial charge is 0.394 e. The Kier molecular flexibility index (Phi) is 3.78. The summed E-state index contributed by atoms with van der Waals surface area (Å²) < 4.78 is 5.37. The monoisotopic (exact) mass is 252 g/mol. The molecular weight excluding hydrogens is 236 g/mol. The number of aryl methyl sites for hydroxylation is 1. The first-order valence-electron chi connectivity index (χ1n) is 5.84. The number of morpholine rings is 1. The molecule has 6 nitrogen and oxygen atoms in total. The SMILES string of the molecule is Cc1ccc([N+](=O)[O-])cc1N1CCOC(CO)C1. The minimum absolute atomic E-state index is 0.0372. The Labute approximate surface area is 105 Å². The number of non-ortho nitro benzene ring substituents is 1.